The molecule has 0 aromatic heterocycles. The molecule has 0 bridgehead atoms. The van der Waals surface area contributed by atoms with Gasteiger partial charge in [-0.15, -0.1) is 0 Å². The molecule has 0 fully saturated rings. The highest BCUT2D eigenvalue weighted by atomic mass is 16.6. The van der Waals surface area contributed by atoms with Crippen LogP contribution in [0.25, 0.3) is 0 Å². The Hall–Kier alpha value is -3.40. The van der Waals surface area contributed by atoms with Crippen LogP contribution in [0, 0.1) is 5.92 Å². The van der Waals surface area contributed by atoms with Crippen LogP contribution in [0.1, 0.15) is 45.6 Å². The lowest BCUT2D eigenvalue weighted by atomic mass is 9.96. The molecule has 2 rings (SSSR count). The molecule has 0 saturated heterocycles. The summed E-state index contributed by atoms with van der Waals surface area (Å²) < 4.78 is 10.6. The van der Waals surface area contributed by atoms with Gasteiger partial charge in [0.1, 0.15) is 19.3 Å². The van der Waals surface area contributed by atoms with Crippen LogP contribution >= 0.6 is 0 Å². The van der Waals surface area contributed by atoms with Crippen molar-refractivity contribution in [2.24, 2.45) is 5.92 Å². The van der Waals surface area contributed by atoms with Gasteiger partial charge < -0.3 is 30.5 Å². The molecule has 3 amide bonds. The van der Waals surface area contributed by atoms with Crippen molar-refractivity contribution in [2.75, 3.05) is 13.2 Å². The zero-order chi connectivity index (χ0) is 25.8. The Labute approximate surface area is 205 Å². The number of esters is 1. The number of carbonyl (C=O) groups is 4. The van der Waals surface area contributed by atoms with E-state index in [0.717, 1.165) is 5.56 Å². The van der Waals surface area contributed by atoms with Gasteiger partial charge in [0.15, 0.2) is 0 Å². The molecule has 3 unspecified atom stereocenters. The standard InChI is InChI=1S/C25H35N3O7/c1-17(14-29)26-21(30)13-19-11-7-8-12-20(23(32)35-16-25(2,3)28-22(19)31)27-24(33)34-15-18-9-5-4-6-10-18/h4-10,17,19-20,29H,11-16H2,1-3H3,(H,26,30)(H,27,33)(H,28,31). The van der Waals surface area contributed by atoms with Crippen LogP contribution in [0.3, 0.4) is 0 Å². The van der Waals surface area contributed by atoms with Crippen LogP contribution in [-0.4, -0.2) is 59.8 Å². The molecule has 1 aromatic carbocycles. The van der Waals surface area contributed by atoms with Gasteiger partial charge >= 0.3 is 12.1 Å². The monoisotopic (exact) mass is 489 g/mol. The van der Waals surface area contributed by atoms with Crippen LogP contribution in [0.5, 0.6) is 0 Å². The van der Waals surface area contributed by atoms with Crippen LogP contribution in [-0.2, 0) is 30.5 Å². The number of amides is 3. The van der Waals surface area contributed by atoms with E-state index in [0.29, 0.717) is 0 Å². The van der Waals surface area contributed by atoms with Crippen molar-refractivity contribution < 1.29 is 33.8 Å². The number of carbonyl (C=O) groups excluding carboxylic acids is 4. The molecule has 0 spiro atoms. The number of benzene rings is 1. The maximum Gasteiger partial charge on any atom is 0.408 e. The second kappa shape index (κ2) is 13.5. The minimum atomic E-state index is -0.979. The van der Waals surface area contributed by atoms with Crippen molar-refractivity contribution in [2.45, 2.75) is 64.3 Å². The third-order valence-electron chi connectivity index (χ3n) is 5.27. The molecule has 1 aliphatic heterocycles. The zero-order valence-electron chi connectivity index (χ0n) is 20.4. The molecule has 0 aliphatic carbocycles. The maximum absolute atomic E-state index is 12.8. The molecule has 1 heterocycles. The summed E-state index contributed by atoms with van der Waals surface area (Å²) in [6, 6.07) is 7.75. The lowest BCUT2D eigenvalue weighted by Gasteiger charge is -2.29. The molecule has 1 aliphatic rings. The molecule has 35 heavy (non-hydrogen) atoms. The molecule has 192 valence electrons. The van der Waals surface area contributed by atoms with E-state index in [2.05, 4.69) is 16.0 Å². The van der Waals surface area contributed by atoms with Crippen molar-refractivity contribution in [1.82, 2.24) is 16.0 Å². The summed E-state index contributed by atoms with van der Waals surface area (Å²) in [6.45, 7) is 4.78. The first-order valence-corrected chi connectivity index (χ1v) is 11.6. The number of rotatable bonds is 7. The summed E-state index contributed by atoms with van der Waals surface area (Å²) in [5.74, 6) is -2.00. The fourth-order valence-corrected chi connectivity index (χ4v) is 3.32. The van der Waals surface area contributed by atoms with Crippen molar-refractivity contribution in [1.29, 1.82) is 0 Å². The second-order valence-corrected chi connectivity index (χ2v) is 9.23. The maximum atomic E-state index is 12.8. The van der Waals surface area contributed by atoms with E-state index in [9.17, 15) is 19.2 Å². The Kier molecular flexibility index (Phi) is 10.7. The summed E-state index contributed by atoms with van der Waals surface area (Å²) in [6.07, 6.45) is 2.91. The first-order chi connectivity index (χ1) is 16.6. The average molecular weight is 490 g/mol. The van der Waals surface area contributed by atoms with E-state index in [4.69, 9.17) is 14.6 Å². The first kappa shape index (κ1) is 27.8. The number of nitrogens with one attached hydrogen (secondary N) is 3. The van der Waals surface area contributed by atoms with Gasteiger partial charge in [0, 0.05) is 12.5 Å². The van der Waals surface area contributed by atoms with E-state index in [-0.39, 0.29) is 50.9 Å². The number of hydrogen-bond acceptors (Lipinski definition) is 7. The Morgan fingerprint density at radius 2 is 1.89 bits per heavy atom. The normalized spacial score (nSPS) is 21.4. The molecule has 0 radical (unpaired) electrons. The topological polar surface area (TPSA) is 143 Å². The van der Waals surface area contributed by atoms with Crippen molar-refractivity contribution in [3.63, 3.8) is 0 Å². The predicted octanol–water partition coefficient (Wildman–Crippen LogP) is 1.57. The quantitative estimate of drug-likeness (QED) is 0.336. The summed E-state index contributed by atoms with van der Waals surface area (Å²) in [7, 11) is 0. The van der Waals surface area contributed by atoms with Gasteiger partial charge in [0.2, 0.25) is 11.8 Å². The number of hydrogen-bond donors (Lipinski definition) is 4. The van der Waals surface area contributed by atoms with Crippen LogP contribution in [0.2, 0.25) is 0 Å². The summed E-state index contributed by atoms with van der Waals surface area (Å²) >= 11 is 0. The highest BCUT2D eigenvalue weighted by Crippen LogP contribution is 2.16. The van der Waals surface area contributed by atoms with Gasteiger partial charge in [-0.1, -0.05) is 42.5 Å². The average Bonchev–Trinajstić information content (AvgIpc) is 2.81. The number of cyclic esters (lactones) is 1. The predicted molar refractivity (Wildman–Crippen MR) is 128 cm³/mol. The fourth-order valence-electron chi connectivity index (χ4n) is 3.32. The molecule has 4 N–H and O–H groups in total. The summed E-state index contributed by atoms with van der Waals surface area (Å²) in [4.78, 5) is 50.0. The van der Waals surface area contributed by atoms with E-state index in [1.165, 1.54) is 0 Å². The Morgan fingerprint density at radius 1 is 1.20 bits per heavy atom. The lowest BCUT2D eigenvalue weighted by molar-refractivity contribution is -0.149. The van der Waals surface area contributed by atoms with Gasteiger partial charge in [0.25, 0.3) is 0 Å². The number of aliphatic hydroxyl groups is 1. The number of alkyl carbamates (subject to hydrolysis) is 1. The van der Waals surface area contributed by atoms with Crippen LogP contribution in [0.4, 0.5) is 4.79 Å². The van der Waals surface area contributed by atoms with E-state index >= 15 is 0 Å². The minimum Gasteiger partial charge on any atom is -0.462 e. The van der Waals surface area contributed by atoms with Crippen LogP contribution in [0.15, 0.2) is 42.5 Å². The highest BCUT2D eigenvalue weighted by Gasteiger charge is 2.31. The lowest BCUT2D eigenvalue weighted by Crippen LogP contribution is -2.51. The third-order valence-corrected chi connectivity index (χ3v) is 5.27. The summed E-state index contributed by atoms with van der Waals surface area (Å²) in [5, 5.41) is 17.1. The minimum absolute atomic E-state index is 0.0575. The van der Waals surface area contributed by atoms with E-state index in [1.807, 2.05) is 30.3 Å². The number of ether oxygens (including phenoxy) is 2. The largest absolute Gasteiger partial charge is 0.462 e. The molecule has 10 nitrogen and oxygen atoms in total. The molecule has 1 aromatic rings. The van der Waals surface area contributed by atoms with Crippen molar-refractivity contribution in [3.05, 3.63) is 48.0 Å². The van der Waals surface area contributed by atoms with Gasteiger partial charge in [-0.25, -0.2) is 9.59 Å². The van der Waals surface area contributed by atoms with Gasteiger partial charge in [-0.2, -0.15) is 0 Å². The zero-order valence-corrected chi connectivity index (χ0v) is 20.4. The number of allylic oxidation sites excluding steroid dienone is 1. The Balaban J connectivity index is 2.06. The Morgan fingerprint density at radius 3 is 2.57 bits per heavy atom. The molecule has 10 heteroatoms. The van der Waals surface area contributed by atoms with Crippen molar-refractivity contribution >= 4 is 23.9 Å². The molecular weight excluding hydrogens is 454 g/mol. The fraction of sp³-hybridized carbons (Fsp3) is 0.520. The third kappa shape index (κ3) is 10.2. The highest BCUT2D eigenvalue weighted by molar-refractivity contribution is 5.86. The van der Waals surface area contributed by atoms with Crippen molar-refractivity contribution in [3.8, 4) is 0 Å². The molecule has 0 saturated carbocycles. The van der Waals surface area contributed by atoms with Gasteiger partial charge in [-0.3, -0.25) is 9.59 Å². The van der Waals surface area contributed by atoms with Gasteiger partial charge in [-0.05, 0) is 39.2 Å². The SMILES string of the molecule is CC(CO)NC(=O)CC1CC=CCC(NC(=O)OCc2ccccc2)C(=O)OCC(C)(C)NC1=O. The number of aliphatic hydroxyl groups excluding tert-OH is 1. The molecular formula is C25H35N3O7. The first-order valence-electron chi connectivity index (χ1n) is 11.6. The van der Waals surface area contributed by atoms with Gasteiger partial charge in [0.05, 0.1) is 18.1 Å². The van der Waals surface area contributed by atoms with E-state index < -0.39 is 35.6 Å². The Bertz CT molecular complexity index is 902. The molecule has 3 atom stereocenters. The van der Waals surface area contributed by atoms with E-state index in [1.54, 1.807) is 32.9 Å². The summed E-state index contributed by atoms with van der Waals surface area (Å²) in [5.41, 5.74) is -0.0917. The second-order valence-electron chi connectivity index (χ2n) is 9.23. The smallest absolute Gasteiger partial charge is 0.408 e. The van der Waals surface area contributed by atoms with Crippen LogP contribution < -0.4 is 16.0 Å².